The number of benzene rings is 1. The van der Waals surface area contributed by atoms with E-state index < -0.39 is 11.6 Å². The molecule has 0 saturated carbocycles. The molecule has 0 aliphatic rings. The maximum atomic E-state index is 13.2. The molecule has 3 aromatic rings. The second-order valence-electron chi connectivity index (χ2n) is 4.03. The van der Waals surface area contributed by atoms with E-state index in [9.17, 15) is 4.39 Å². The predicted octanol–water partition coefficient (Wildman–Crippen LogP) is 3.82. The number of hydrogen-bond donors (Lipinski definition) is 1. The number of azo groups is 1. The summed E-state index contributed by atoms with van der Waals surface area (Å²) in [6.45, 7) is 0. The number of nitrogens with zero attached hydrogens (tertiary/aromatic N) is 5. The molecule has 0 radical (unpaired) electrons. The molecule has 1 aromatic carbocycles. The Kier molecular flexibility index (Phi) is 3.25. The van der Waals surface area contributed by atoms with Gasteiger partial charge >= 0.3 is 0 Å². The Morgan fingerprint density at radius 3 is 2.90 bits per heavy atom. The Labute approximate surface area is 122 Å². The summed E-state index contributed by atoms with van der Waals surface area (Å²) in [6.07, 6.45) is 1.43. The minimum absolute atomic E-state index is 0.260. The molecule has 0 unspecified atom stereocenters. The molecule has 8 heteroatoms. The lowest BCUT2D eigenvalue weighted by atomic mass is 10.2. The number of aromatic hydroxyl groups is 1. The van der Waals surface area contributed by atoms with E-state index in [-0.39, 0.29) is 5.69 Å². The molecule has 0 saturated heterocycles. The van der Waals surface area contributed by atoms with E-state index in [0.717, 1.165) is 17.6 Å². The predicted molar refractivity (Wildman–Crippen MR) is 74.4 cm³/mol. The summed E-state index contributed by atoms with van der Waals surface area (Å²) in [5.41, 5.74) is 1.14. The summed E-state index contributed by atoms with van der Waals surface area (Å²) >= 11 is 1.08. The number of aromatic nitrogens is 2. The van der Waals surface area contributed by atoms with Gasteiger partial charge in [-0.3, -0.25) is 0 Å². The minimum atomic E-state index is -0.769. The first-order chi connectivity index (χ1) is 10.2. The van der Waals surface area contributed by atoms with Crippen LogP contribution in [0.1, 0.15) is 5.56 Å². The van der Waals surface area contributed by atoms with Crippen molar-refractivity contribution in [3.63, 3.8) is 0 Å². The van der Waals surface area contributed by atoms with Gasteiger partial charge in [-0.25, -0.2) is 9.37 Å². The first kappa shape index (κ1) is 13.1. The van der Waals surface area contributed by atoms with Gasteiger partial charge in [0, 0.05) is 12.3 Å². The molecule has 6 nitrogen and oxygen atoms in total. The van der Waals surface area contributed by atoms with Gasteiger partial charge in [-0.15, -0.1) is 10.2 Å². The van der Waals surface area contributed by atoms with Crippen molar-refractivity contribution in [1.29, 1.82) is 5.26 Å². The standard InChI is InChI=1S/C13H6FN5OS/c14-10-4-8(1-2-11(10)20)17-18-13-9-3-7(5-15)6-16-12(9)19-21-13/h1-4,6,20H. The molecule has 0 fully saturated rings. The number of phenolic OH excluding ortho intramolecular Hbond substituents is 1. The summed E-state index contributed by atoms with van der Waals surface area (Å²) in [4.78, 5) is 4.04. The summed E-state index contributed by atoms with van der Waals surface area (Å²) in [5, 5.41) is 26.9. The lowest BCUT2D eigenvalue weighted by molar-refractivity contribution is 0.432. The van der Waals surface area contributed by atoms with Crippen LogP contribution in [0.5, 0.6) is 5.75 Å². The molecule has 3 rings (SSSR count). The molecule has 102 valence electrons. The van der Waals surface area contributed by atoms with Crippen LogP contribution in [-0.4, -0.2) is 14.5 Å². The van der Waals surface area contributed by atoms with Gasteiger partial charge in [-0.1, -0.05) is 0 Å². The SMILES string of the molecule is N#Cc1cnc2nsc(N=Nc3ccc(O)c(F)c3)c2c1. The number of rotatable bonds is 2. The molecule has 0 spiro atoms. The molecule has 2 heterocycles. The molecule has 2 aromatic heterocycles. The Balaban J connectivity index is 1.99. The third kappa shape index (κ3) is 2.54. The van der Waals surface area contributed by atoms with Gasteiger partial charge < -0.3 is 5.11 Å². The fourth-order valence-electron chi connectivity index (χ4n) is 1.62. The van der Waals surface area contributed by atoms with Crippen LogP contribution in [0, 0.1) is 17.1 Å². The second kappa shape index (κ2) is 5.22. The first-order valence-electron chi connectivity index (χ1n) is 5.73. The van der Waals surface area contributed by atoms with Crippen molar-refractivity contribution < 1.29 is 9.50 Å². The zero-order chi connectivity index (χ0) is 14.8. The van der Waals surface area contributed by atoms with Crippen LogP contribution in [0.25, 0.3) is 11.0 Å². The normalized spacial score (nSPS) is 11.0. The molecule has 0 bridgehead atoms. The second-order valence-corrected chi connectivity index (χ2v) is 4.78. The van der Waals surface area contributed by atoms with E-state index in [0.29, 0.717) is 21.6 Å². The van der Waals surface area contributed by atoms with E-state index in [4.69, 9.17) is 10.4 Å². The van der Waals surface area contributed by atoms with Crippen LogP contribution in [0.3, 0.4) is 0 Å². The summed E-state index contributed by atoms with van der Waals surface area (Å²) in [6, 6.07) is 7.31. The maximum absolute atomic E-state index is 13.2. The van der Waals surface area contributed by atoms with Gasteiger partial charge in [0.1, 0.15) is 6.07 Å². The molecule has 1 N–H and O–H groups in total. The Morgan fingerprint density at radius 2 is 2.14 bits per heavy atom. The average molecular weight is 299 g/mol. The zero-order valence-corrected chi connectivity index (χ0v) is 11.2. The Bertz CT molecular complexity index is 899. The summed E-state index contributed by atoms with van der Waals surface area (Å²) in [5.74, 6) is -1.21. The third-order valence-electron chi connectivity index (χ3n) is 2.63. The van der Waals surface area contributed by atoms with Gasteiger partial charge in [0.25, 0.3) is 0 Å². The van der Waals surface area contributed by atoms with Crippen molar-refractivity contribution in [2.24, 2.45) is 10.2 Å². The van der Waals surface area contributed by atoms with Crippen molar-refractivity contribution in [1.82, 2.24) is 9.36 Å². The van der Waals surface area contributed by atoms with Crippen molar-refractivity contribution in [3.05, 3.63) is 41.8 Å². The average Bonchev–Trinajstić information content (AvgIpc) is 2.90. The monoisotopic (exact) mass is 299 g/mol. The van der Waals surface area contributed by atoms with Gasteiger partial charge in [-0.2, -0.15) is 9.64 Å². The molecular weight excluding hydrogens is 293 g/mol. The largest absolute Gasteiger partial charge is 0.505 e. The maximum Gasteiger partial charge on any atom is 0.175 e. The highest BCUT2D eigenvalue weighted by Crippen LogP contribution is 2.31. The third-order valence-corrected chi connectivity index (χ3v) is 3.37. The molecule has 21 heavy (non-hydrogen) atoms. The topological polar surface area (TPSA) is 94.5 Å². The van der Waals surface area contributed by atoms with Gasteiger partial charge in [-0.05, 0) is 29.7 Å². The van der Waals surface area contributed by atoms with Crippen molar-refractivity contribution in [3.8, 4) is 11.8 Å². The van der Waals surface area contributed by atoms with Crippen LogP contribution in [0.2, 0.25) is 0 Å². The quantitative estimate of drug-likeness (QED) is 0.727. The Hall–Kier alpha value is -2.92. The van der Waals surface area contributed by atoms with Crippen molar-refractivity contribution in [2.75, 3.05) is 0 Å². The van der Waals surface area contributed by atoms with E-state index >= 15 is 0 Å². The first-order valence-corrected chi connectivity index (χ1v) is 6.50. The summed E-state index contributed by atoms with van der Waals surface area (Å²) < 4.78 is 17.3. The number of pyridine rings is 1. The fourth-order valence-corrected chi connectivity index (χ4v) is 2.26. The number of fused-ring (bicyclic) bond motifs is 1. The fraction of sp³-hybridized carbons (Fsp3) is 0. The smallest absolute Gasteiger partial charge is 0.175 e. The van der Waals surface area contributed by atoms with Gasteiger partial charge in [0.2, 0.25) is 0 Å². The van der Waals surface area contributed by atoms with E-state index in [2.05, 4.69) is 19.6 Å². The zero-order valence-electron chi connectivity index (χ0n) is 10.4. The van der Waals surface area contributed by atoms with Crippen LogP contribution < -0.4 is 0 Å². The van der Waals surface area contributed by atoms with Gasteiger partial charge in [0.15, 0.2) is 22.2 Å². The van der Waals surface area contributed by atoms with Crippen molar-refractivity contribution in [2.45, 2.75) is 0 Å². The van der Waals surface area contributed by atoms with Crippen LogP contribution in [0.15, 0.2) is 40.7 Å². The van der Waals surface area contributed by atoms with Gasteiger partial charge in [0.05, 0.1) is 16.6 Å². The lowest BCUT2D eigenvalue weighted by Crippen LogP contribution is -1.78. The molecule has 0 aliphatic carbocycles. The lowest BCUT2D eigenvalue weighted by Gasteiger charge is -1.95. The highest BCUT2D eigenvalue weighted by atomic mass is 32.1. The number of hydrogen-bond acceptors (Lipinski definition) is 7. The van der Waals surface area contributed by atoms with E-state index in [1.54, 1.807) is 6.07 Å². The van der Waals surface area contributed by atoms with Crippen LogP contribution in [-0.2, 0) is 0 Å². The minimum Gasteiger partial charge on any atom is -0.505 e. The van der Waals surface area contributed by atoms with Crippen LogP contribution in [0.4, 0.5) is 15.1 Å². The van der Waals surface area contributed by atoms with Crippen molar-refractivity contribution >= 4 is 33.3 Å². The number of nitriles is 1. The van der Waals surface area contributed by atoms with Crippen LogP contribution >= 0.6 is 11.5 Å². The summed E-state index contributed by atoms with van der Waals surface area (Å²) in [7, 11) is 0. The Morgan fingerprint density at radius 1 is 1.29 bits per heavy atom. The van der Waals surface area contributed by atoms with E-state index in [1.807, 2.05) is 6.07 Å². The molecule has 0 atom stereocenters. The highest BCUT2D eigenvalue weighted by Gasteiger charge is 2.08. The molecule has 0 amide bonds. The highest BCUT2D eigenvalue weighted by molar-refractivity contribution is 7.11. The molecular formula is C13H6FN5OS. The van der Waals surface area contributed by atoms with E-state index in [1.165, 1.54) is 18.3 Å². The molecule has 0 aliphatic heterocycles. The number of phenols is 1. The number of halogens is 1.